The van der Waals surface area contributed by atoms with E-state index < -0.39 is 10.4 Å². The summed E-state index contributed by atoms with van der Waals surface area (Å²) in [6, 6.07) is 0. The first kappa shape index (κ1) is 22.6. The molecule has 5 nitrogen and oxygen atoms in total. The fourth-order valence-corrected chi connectivity index (χ4v) is 0. The normalized spacial score (nSPS) is 7.25. The van der Waals surface area contributed by atoms with Crippen molar-refractivity contribution in [1.29, 1.82) is 0 Å². The van der Waals surface area contributed by atoms with Crippen LogP contribution in [-0.2, 0) is 36.6 Å². The molecule has 8 heavy (non-hydrogen) atoms. The molecule has 0 spiro atoms. The fourth-order valence-electron chi connectivity index (χ4n) is 0. The molecule has 0 amide bonds. The zero-order chi connectivity index (χ0) is 4.50. The van der Waals surface area contributed by atoms with Crippen molar-refractivity contribution < 1.29 is 80.2 Å². The summed E-state index contributed by atoms with van der Waals surface area (Å²) in [4.78, 5) is 0. The Hall–Kier alpha value is 1.71. The molecule has 0 atom stereocenters. The van der Waals surface area contributed by atoms with Crippen LogP contribution in [0.1, 0.15) is 1.43 Å². The first-order chi connectivity index (χ1) is 2.00. The molecule has 0 aliphatic carbocycles. The van der Waals surface area contributed by atoms with Gasteiger partial charge in [0, 0.05) is 26.2 Å². The molecule has 0 rings (SSSR count). The second-order valence-corrected chi connectivity index (χ2v) is 1.34. The van der Waals surface area contributed by atoms with E-state index in [2.05, 4.69) is 0 Å². The first-order valence-electron chi connectivity index (χ1n) is 0.698. The monoisotopic (exact) mass is 230 g/mol. The predicted octanol–water partition coefficient (Wildman–Crippen LogP) is -4.36. The summed E-state index contributed by atoms with van der Waals surface area (Å²) in [6.45, 7) is 0. The van der Waals surface area contributed by atoms with Crippen LogP contribution in [0.5, 0.6) is 0 Å². The smallest absolute Gasteiger partial charge is 1.00 e. The third-order valence-electron chi connectivity index (χ3n) is 0. The van der Waals surface area contributed by atoms with Gasteiger partial charge in [-0.25, -0.2) is 0 Å². The van der Waals surface area contributed by atoms with Crippen molar-refractivity contribution in [3.05, 3.63) is 0 Å². The molecule has 0 saturated carbocycles. The van der Waals surface area contributed by atoms with Gasteiger partial charge in [0.05, 0.1) is 0 Å². The van der Waals surface area contributed by atoms with E-state index in [1.54, 1.807) is 0 Å². The Bertz CT molecular complexity index is 100. The molecule has 0 bridgehead atoms. The summed E-state index contributed by atoms with van der Waals surface area (Å²) in [5.41, 5.74) is 0. The Morgan fingerprint density at radius 3 is 1.25 bits per heavy atom. The number of hydrogen-bond donors (Lipinski definition) is 2. The standard InChI is InChI=1S/Na.H2O4S.H2O.Zr.H/c;1-5(2,3)4;;;/h;(H2,1,2,3,4);1H2;;/q+1;;;;-1. The maximum Gasteiger partial charge on any atom is 1.00 e. The zero-order valence-corrected chi connectivity index (χ0v) is 9.39. The molecule has 0 aliphatic rings. The van der Waals surface area contributed by atoms with E-state index in [0.717, 1.165) is 0 Å². The molecule has 0 fully saturated rings. The molecule has 0 saturated heterocycles. The van der Waals surface area contributed by atoms with Crippen molar-refractivity contribution >= 4 is 10.4 Å². The third-order valence-corrected chi connectivity index (χ3v) is 0. The Balaban J connectivity index is -0.0000000133. The van der Waals surface area contributed by atoms with Crippen molar-refractivity contribution in [1.82, 2.24) is 0 Å². The minimum absolute atomic E-state index is 0. The zero-order valence-electron chi connectivity index (χ0n) is 5.12. The van der Waals surface area contributed by atoms with Crippen LogP contribution in [0, 0.1) is 0 Å². The molecule has 0 radical (unpaired) electrons. The average Bonchev–Trinajstić information content (AvgIpc) is 0.722. The van der Waals surface area contributed by atoms with E-state index >= 15 is 0 Å². The van der Waals surface area contributed by atoms with Gasteiger partial charge in [0.2, 0.25) is 0 Å². The summed E-state index contributed by atoms with van der Waals surface area (Å²) in [5.74, 6) is 0. The largest absolute Gasteiger partial charge is 1.00 e. The van der Waals surface area contributed by atoms with Crippen LogP contribution in [0.3, 0.4) is 0 Å². The van der Waals surface area contributed by atoms with Gasteiger partial charge in [-0.1, -0.05) is 0 Å². The van der Waals surface area contributed by atoms with E-state index in [4.69, 9.17) is 17.5 Å². The van der Waals surface area contributed by atoms with Crippen LogP contribution < -0.4 is 29.6 Å². The van der Waals surface area contributed by atoms with Crippen molar-refractivity contribution in [3.63, 3.8) is 0 Å². The molecular formula is H5NaO5SZr. The van der Waals surface area contributed by atoms with Crippen molar-refractivity contribution in [2.24, 2.45) is 0 Å². The van der Waals surface area contributed by atoms with Gasteiger partial charge in [-0.05, 0) is 0 Å². The van der Waals surface area contributed by atoms with E-state index in [1.807, 2.05) is 0 Å². The van der Waals surface area contributed by atoms with E-state index in [1.165, 1.54) is 0 Å². The van der Waals surface area contributed by atoms with Crippen molar-refractivity contribution in [2.75, 3.05) is 0 Å². The molecule has 0 unspecified atom stereocenters. The number of hydrogen-bond acceptors (Lipinski definition) is 2. The van der Waals surface area contributed by atoms with Gasteiger partial charge in [-0.3, -0.25) is 9.11 Å². The molecule has 8 heteroatoms. The fraction of sp³-hybridized carbons (Fsp3) is 0. The van der Waals surface area contributed by atoms with Crippen LogP contribution in [0.2, 0.25) is 0 Å². The van der Waals surface area contributed by atoms with E-state index in [-0.39, 0.29) is 62.7 Å². The molecule has 0 heterocycles. The number of rotatable bonds is 0. The topological polar surface area (TPSA) is 106 Å². The summed E-state index contributed by atoms with van der Waals surface area (Å²) in [5, 5.41) is 0. The maximum atomic E-state index is 8.74. The van der Waals surface area contributed by atoms with Crippen molar-refractivity contribution in [3.8, 4) is 0 Å². The Labute approximate surface area is 89.6 Å². The van der Waals surface area contributed by atoms with Gasteiger partial charge < -0.3 is 6.90 Å². The third kappa shape index (κ3) is 118. The van der Waals surface area contributed by atoms with Gasteiger partial charge in [0.1, 0.15) is 0 Å². The van der Waals surface area contributed by atoms with Gasteiger partial charge in [-0.2, -0.15) is 8.42 Å². The molecule has 0 aromatic heterocycles. The van der Waals surface area contributed by atoms with Gasteiger partial charge in [0.15, 0.2) is 0 Å². The Kier molecular flexibility index (Phi) is 24.6. The van der Waals surface area contributed by atoms with Gasteiger partial charge in [-0.15, -0.1) is 0 Å². The molecule has 0 aromatic carbocycles. The Morgan fingerprint density at radius 2 is 1.25 bits per heavy atom. The summed E-state index contributed by atoms with van der Waals surface area (Å²) < 4.78 is 31.6. The minimum atomic E-state index is -4.67. The second-order valence-electron chi connectivity index (χ2n) is 0.448. The average molecular weight is 231 g/mol. The van der Waals surface area contributed by atoms with E-state index in [9.17, 15) is 0 Å². The van der Waals surface area contributed by atoms with Crippen molar-refractivity contribution in [2.45, 2.75) is 0 Å². The van der Waals surface area contributed by atoms with Gasteiger partial charge >= 0.3 is 40.0 Å². The predicted molar refractivity (Wildman–Crippen MR) is 18.9 cm³/mol. The molecule has 0 aromatic rings. The molecule has 0 aliphatic heterocycles. The first-order valence-corrected chi connectivity index (χ1v) is 2.10. The second kappa shape index (κ2) is 8.71. The summed E-state index contributed by atoms with van der Waals surface area (Å²) in [7, 11) is -4.67. The van der Waals surface area contributed by atoms with Gasteiger partial charge in [0.25, 0.3) is 0 Å². The van der Waals surface area contributed by atoms with Crippen LogP contribution >= 0.6 is 0 Å². The minimum Gasteiger partial charge on any atom is -1.00 e. The van der Waals surface area contributed by atoms with Crippen LogP contribution in [0.4, 0.5) is 0 Å². The molecule has 4 N–H and O–H groups in total. The summed E-state index contributed by atoms with van der Waals surface area (Å²) in [6.07, 6.45) is 0. The van der Waals surface area contributed by atoms with Crippen LogP contribution in [0.25, 0.3) is 0 Å². The quantitative estimate of drug-likeness (QED) is 0.324. The van der Waals surface area contributed by atoms with Crippen LogP contribution in [0.15, 0.2) is 0 Å². The molecular weight excluding hydrogens is 226 g/mol. The maximum absolute atomic E-state index is 8.74. The molecule has 46 valence electrons. The Morgan fingerprint density at radius 1 is 1.25 bits per heavy atom. The SMILES string of the molecule is O.O=S(=O)(O)O.[H-].[Na+].[Zr]. The van der Waals surface area contributed by atoms with E-state index in [0.29, 0.717) is 0 Å². The van der Waals surface area contributed by atoms with Crippen LogP contribution in [-0.4, -0.2) is 23.0 Å². The summed E-state index contributed by atoms with van der Waals surface area (Å²) >= 11 is 0.